The lowest BCUT2D eigenvalue weighted by molar-refractivity contribution is 0.319. The SMILES string of the molecule is CCO[Si](C(Cl)(Cl)Cl)(C(Cl)(Cl)Cl)C(Cl)(Cl)Cl. The predicted molar refractivity (Wildman–Crippen MR) is 78.3 cm³/mol. The first-order chi connectivity index (χ1) is 6.81. The topological polar surface area (TPSA) is 9.23 Å². The summed E-state index contributed by atoms with van der Waals surface area (Å²) >= 11 is 51.9. The van der Waals surface area contributed by atoms with Crippen LogP contribution < -0.4 is 0 Å². The van der Waals surface area contributed by atoms with E-state index in [0.29, 0.717) is 0 Å². The summed E-state index contributed by atoms with van der Waals surface area (Å²) in [6, 6.07) is 0. The number of hydrogen-bond acceptors (Lipinski definition) is 1. The second-order valence-electron chi connectivity index (χ2n) is 2.61. The van der Waals surface area contributed by atoms with Crippen LogP contribution in [0.3, 0.4) is 0 Å². The van der Waals surface area contributed by atoms with E-state index in [2.05, 4.69) is 0 Å². The van der Waals surface area contributed by atoms with Crippen molar-refractivity contribution in [3.8, 4) is 0 Å². The standard InChI is InChI=1S/C5H5Cl9OSi/c1-2-15-16(3(6,7)8,4(9,10)11)5(12,13)14/h2H2,1H3. The molecule has 11 heteroatoms. The van der Waals surface area contributed by atoms with Crippen molar-refractivity contribution in [3.05, 3.63) is 0 Å². The van der Waals surface area contributed by atoms with Crippen LogP contribution in [-0.4, -0.2) is 25.2 Å². The number of rotatable bonds is 2. The van der Waals surface area contributed by atoms with Gasteiger partial charge in [-0.05, 0) is 6.92 Å². The Balaban J connectivity index is 5.82. The summed E-state index contributed by atoms with van der Waals surface area (Å²) in [6.07, 6.45) is 0. The summed E-state index contributed by atoms with van der Waals surface area (Å²) in [7, 11) is -4.01. The molecule has 0 aliphatic carbocycles. The van der Waals surface area contributed by atoms with E-state index in [1.54, 1.807) is 6.92 Å². The molecule has 0 N–H and O–H groups in total. The molecule has 98 valence electrons. The van der Waals surface area contributed by atoms with Crippen molar-refractivity contribution in [2.24, 2.45) is 0 Å². The molecular formula is C5H5Cl9OSi. The third-order valence-corrected chi connectivity index (χ3v) is 11.9. The Hall–Kier alpha value is 2.79. The third-order valence-electron chi connectivity index (χ3n) is 1.56. The fourth-order valence-corrected chi connectivity index (χ4v) is 15.9. The highest BCUT2D eigenvalue weighted by Gasteiger charge is 2.76. The van der Waals surface area contributed by atoms with Gasteiger partial charge in [0.05, 0.1) is 0 Å². The molecule has 0 spiro atoms. The van der Waals surface area contributed by atoms with E-state index in [1.807, 2.05) is 0 Å². The maximum Gasteiger partial charge on any atom is 0.355 e. The number of alkyl halides is 9. The van der Waals surface area contributed by atoms with Crippen LogP contribution in [0.1, 0.15) is 6.92 Å². The second kappa shape index (κ2) is 6.05. The summed E-state index contributed by atoms with van der Waals surface area (Å²) < 4.78 is -1.10. The molecule has 0 bridgehead atoms. The fourth-order valence-electron chi connectivity index (χ4n) is 0.944. The van der Waals surface area contributed by atoms with Gasteiger partial charge in [0.2, 0.25) is 10.2 Å². The first-order valence-electron chi connectivity index (χ1n) is 3.65. The van der Waals surface area contributed by atoms with Gasteiger partial charge in [-0.2, -0.15) is 0 Å². The zero-order valence-corrected chi connectivity index (χ0v) is 15.3. The van der Waals surface area contributed by atoms with Crippen molar-refractivity contribution in [2.45, 2.75) is 17.2 Å². The number of hydrogen-bond donors (Lipinski definition) is 0. The van der Waals surface area contributed by atoms with Crippen LogP contribution in [0, 0.1) is 0 Å². The lowest BCUT2D eigenvalue weighted by atomic mass is 10.9. The van der Waals surface area contributed by atoms with E-state index < -0.39 is 18.6 Å². The van der Waals surface area contributed by atoms with E-state index in [9.17, 15) is 0 Å². The van der Waals surface area contributed by atoms with Crippen LogP contribution in [0.5, 0.6) is 0 Å². The van der Waals surface area contributed by atoms with Gasteiger partial charge in [0, 0.05) is 6.61 Å². The zero-order chi connectivity index (χ0) is 13.4. The lowest BCUT2D eigenvalue weighted by Gasteiger charge is -2.44. The normalized spacial score (nSPS) is 15.4. The molecule has 0 saturated carbocycles. The van der Waals surface area contributed by atoms with Crippen LogP contribution in [-0.2, 0) is 4.43 Å². The van der Waals surface area contributed by atoms with Gasteiger partial charge in [-0.25, -0.2) is 0 Å². The average molecular weight is 428 g/mol. The molecule has 0 saturated heterocycles. The minimum Gasteiger partial charge on any atom is -0.406 e. The Morgan fingerprint density at radius 2 is 1.00 bits per heavy atom. The molecule has 0 radical (unpaired) electrons. The molecule has 0 aromatic carbocycles. The molecule has 0 amide bonds. The fraction of sp³-hybridized carbons (Fsp3) is 1.00. The third kappa shape index (κ3) is 3.66. The summed E-state index contributed by atoms with van der Waals surface area (Å²) in [5.41, 5.74) is 0. The number of halogens is 9. The first-order valence-corrected chi connectivity index (χ1v) is 8.96. The molecule has 1 nitrogen and oxygen atoms in total. The van der Waals surface area contributed by atoms with E-state index in [0.717, 1.165) is 0 Å². The summed E-state index contributed by atoms with van der Waals surface area (Å²) in [4.78, 5) is 0. The Labute approximate surface area is 140 Å². The van der Waals surface area contributed by atoms with Crippen LogP contribution >= 0.6 is 104 Å². The Bertz CT molecular complexity index is 202. The van der Waals surface area contributed by atoms with Gasteiger partial charge in [0.1, 0.15) is 0 Å². The summed E-state index contributed by atoms with van der Waals surface area (Å²) in [5.74, 6) is 0. The molecule has 0 unspecified atom stereocenters. The maximum atomic E-state index is 5.76. The Morgan fingerprint density at radius 1 is 0.750 bits per heavy atom. The molecule has 0 aliphatic rings. The monoisotopic (exact) mass is 424 g/mol. The summed E-state index contributed by atoms with van der Waals surface area (Å²) in [5, 5.41) is 0. The van der Waals surface area contributed by atoms with Gasteiger partial charge in [-0.15, -0.1) is 0 Å². The van der Waals surface area contributed by atoms with Gasteiger partial charge in [-0.1, -0.05) is 104 Å². The molecule has 0 aromatic heterocycles. The van der Waals surface area contributed by atoms with Gasteiger partial charge >= 0.3 is 8.32 Å². The zero-order valence-electron chi connectivity index (χ0n) is 7.52. The molecule has 0 atom stereocenters. The first kappa shape index (κ1) is 18.8. The molecule has 0 rings (SSSR count). The van der Waals surface area contributed by atoms with Gasteiger partial charge in [0.25, 0.3) is 0 Å². The highest BCUT2D eigenvalue weighted by Crippen LogP contribution is 2.59. The highest BCUT2D eigenvalue weighted by molar-refractivity contribution is 7.23. The smallest absolute Gasteiger partial charge is 0.355 e. The van der Waals surface area contributed by atoms with E-state index in [1.165, 1.54) is 0 Å². The molecule has 0 aromatic rings. The van der Waals surface area contributed by atoms with E-state index >= 15 is 0 Å². The van der Waals surface area contributed by atoms with E-state index in [4.69, 9.17) is 109 Å². The molecule has 0 fully saturated rings. The Morgan fingerprint density at radius 3 is 1.06 bits per heavy atom. The van der Waals surface area contributed by atoms with Crippen LogP contribution in [0.4, 0.5) is 0 Å². The van der Waals surface area contributed by atoms with Crippen molar-refractivity contribution in [1.29, 1.82) is 0 Å². The molecule has 16 heavy (non-hydrogen) atoms. The minimum absolute atomic E-state index is 0.0714. The largest absolute Gasteiger partial charge is 0.406 e. The van der Waals surface area contributed by atoms with E-state index in [-0.39, 0.29) is 6.61 Å². The van der Waals surface area contributed by atoms with Gasteiger partial charge in [-0.3, -0.25) is 0 Å². The lowest BCUT2D eigenvalue weighted by Crippen LogP contribution is -2.70. The summed E-state index contributed by atoms with van der Waals surface area (Å²) in [6.45, 7) is 1.67. The average Bonchev–Trinajstić information content (AvgIpc) is 1.91. The highest BCUT2D eigenvalue weighted by atomic mass is 35.6. The van der Waals surface area contributed by atoms with Crippen LogP contribution in [0.15, 0.2) is 0 Å². The molecule has 0 heterocycles. The van der Waals surface area contributed by atoms with Crippen molar-refractivity contribution < 1.29 is 4.43 Å². The van der Waals surface area contributed by atoms with Crippen molar-refractivity contribution in [1.82, 2.24) is 0 Å². The van der Waals surface area contributed by atoms with Crippen LogP contribution in [0.25, 0.3) is 0 Å². The maximum absolute atomic E-state index is 5.76. The Kier molecular flexibility index (Phi) is 7.10. The van der Waals surface area contributed by atoms with Crippen molar-refractivity contribution >= 4 is 113 Å². The molecule has 0 aliphatic heterocycles. The van der Waals surface area contributed by atoms with Crippen molar-refractivity contribution in [3.63, 3.8) is 0 Å². The minimum atomic E-state index is -4.01. The molecular weight excluding hydrogens is 423 g/mol. The van der Waals surface area contributed by atoms with Gasteiger partial charge < -0.3 is 4.43 Å². The van der Waals surface area contributed by atoms with Gasteiger partial charge in [0.15, 0.2) is 0 Å². The predicted octanol–water partition coefficient (Wildman–Crippen LogP) is 5.70. The second-order valence-corrected chi connectivity index (χ2v) is 16.2. The van der Waals surface area contributed by atoms with Crippen molar-refractivity contribution in [2.75, 3.05) is 6.61 Å². The quantitative estimate of drug-likeness (QED) is 0.405. The van der Waals surface area contributed by atoms with Crippen LogP contribution in [0.2, 0.25) is 0 Å².